The third kappa shape index (κ3) is 4.59. The molecule has 0 spiro atoms. The average molecular weight is 326 g/mol. The van der Waals surface area contributed by atoms with Gasteiger partial charge < -0.3 is 15.4 Å². The highest BCUT2D eigenvalue weighted by Gasteiger charge is 2.09. The third-order valence-corrected chi connectivity index (χ3v) is 3.50. The van der Waals surface area contributed by atoms with Crippen LogP contribution in [0, 0.1) is 6.92 Å². The summed E-state index contributed by atoms with van der Waals surface area (Å²) in [7, 11) is 0. The van der Waals surface area contributed by atoms with Crippen molar-refractivity contribution in [3.63, 3.8) is 0 Å². The van der Waals surface area contributed by atoms with Crippen LogP contribution < -0.4 is 15.4 Å². The molecule has 0 unspecified atom stereocenters. The molecule has 2 rings (SSSR count). The second kappa shape index (κ2) is 8.15. The van der Waals surface area contributed by atoms with Crippen LogP contribution in [0.5, 0.6) is 5.75 Å². The third-order valence-electron chi connectivity index (χ3n) is 3.50. The van der Waals surface area contributed by atoms with Crippen LogP contribution >= 0.6 is 0 Å². The van der Waals surface area contributed by atoms with E-state index in [1.165, 1.54) is 0 Å². The molecule has 0 aliphatic heterocycles. The minimum atomic E-state index is -0.229. The summed E-state index contributed by atoms with van der Waals surface area (Å²) in [6, 6.07) is 12.4. The molecule has 2 aromatic carbocycles. The highest BCUT2D eigenvalue weighted by Crippen LogP contribution is 2.22. The first-order valence-corrected chi connectivity index (χ1v) is 7.98. The number of rotatable bonds is 6. The number of hydrogen-bond acceptors (Lipinski definition) is 3. The van der Waals surface area contributed by atoms with Gasteiger partial charge in [0.25, 0.3) is 5.91 Å². The Morgan fingerprint density at radius 3 is 2.54 bits per heavy atom. The topological polar surface area (TPSA) is 67.4 Å². The van der Waals surface area contributed by atoms with Crippen LogP contribution in [0.1, 0.15) is 36.2 Å². The maximum atomic E-state index is 12.4. The summed E-state index contributed by atoms with van der Waals surface area (Å²) >= 11 is 0. The van der Waals surface area contributed by atoms with E-state index in [2.05, 4.69) is 10.6 Å². The van der Waals surface area contributed by atoms with Gasteiger partial charge in [-0.2, -0.15) is 0 Å². The Morgan fingerprint density at radius 1 is 1.04 bits per heavy atom. The van der Waals surface area contributed by atoms with Crippen LogP contribution in [-0.4, -0.2) is 18.4 Å². The van der Waals surface area contributed by atoms with Crippen LogP contribution in [0.4, 0.5) is 11.4 Å². The van der Waals surface area contributed by atoms with Crippen LogP contribution in [0.25, 0.3) is 0 Å². The molecule has 5 nitrogen and oxygen atoms in total. The molecular weight excluding hydrogens is 304 g/mol. The summed E-state index contributed by atoms with van der Waals surface area (Å²) in [6.07, 6.45) is 0.403. The zero-order valence-corrected chi connectivity index (χ0v) is 14.2. The van der Waals surface area contributed by atoms with Crippen molar-refractivity contribution in [1.82, 2.24) is 0 Å². The molecule has 0 fully saturated rings. The molecule has 24 heavy (non-hydrogen) atoms. The molecule has 0 saturated heterocycles. The first-order chi connectivity index (χ1) is 11.5. The maximum Gasteiger partial charge on any atom is 0.255 e. The number of hydrogen-bond donors (Lipinski definition) is 2. The Kier molecular flexibility index (Phi) is 5.95. The van der Waals surface area contributed by atoms with Gasteiger partial charge in [-0.15, -0.1) is 0 Å². The van der Waals surface area contributed by atoms with Gasteiger partial charge in [0.1, 0.15) is 5.75 Å². The van der Waals surface area contributed by atoms with Crippen molar-refractivity contribution in [3.05, 3.63) is 53.6 Å². The molecule has 2 aromatic rings. The number of amides is 2. The molecule has 0 heterocycles. The SMILES string of the molecule is CCOc1cccc(C(=O)Nc2ccc(C)c(NC(=O)CC)c2)c1. The van der Waals surface area contributed by atoms with Gasteiger partial charge in [0.2, 0.25) is 5.91 Å². The van der Waals surface area contributed by atoms with Gasteiger partial charge in [-0.1, -0.05) is 19.1 Å². The van der Waals surface area contributed by atoms with E-state index in [0.717, 1.165) is 5.56 Å². The van der Waals surface area contributed by atoms with Crippen molar-refractivity contribution in [1.29, 1.82) is 0 Å². The zero-order valence-electron chi connectivity index (χ0n) is 14.2. The van der Waals surface area contributed by atoms with Gasteiger partial charge >= 0.3 is 0 Å². The van der Waals surface area contributed by atoms with E-state index in [0.29, 0.717) is 35.7 Å². The number of carbonyl (C=O) groups is 2. The number of benzene rings is 2. The molecule has 2 N–H and O–H groups in total. The van der Waals surface area contributed by atoms with Gasteiger partial charge in [-0.25, -0.2) is 0 Å². The molecule has 0 atom stereocenters. The molecular formula is C19H22N2O3. The molecule has 0 aliphatic carbocycles. The predicted octanol–water partition coefficient (Wildman–Crippen LogP) is 3.99. The van der Waals surface area contributed by atoms with Crippen molar-refractivity contribution < 1.29 is 14.3 Å². The van der Waals surface area contributed by atoms with Gasteiger partial charge in [0, 0.05) is 23.4 Å². The summed E-state index contributed by atoms with van der Waals surface area (Å²) in [5.41, 5.74) is 2.77. The molecule has 2 amide bonds. The normalized spacial score (nSPS) is 10.1. The summed E-state index contributed by atoms with van der Waals surface area (Å²) in [6.45, 7) is 6.14. The van der Waals surface area contributed by atoms with E-state index >= 15 is 0 Å². The number of ether oxygens (including phenoxy) is 1. The smallest absolute Gasteiger partial charge is 0.255 e. The fourth-order valence-corrected chi connectivity index (χ4v) is 2.17. The molecule has 0 saturated carbocycles. The molecule has 0 aromatic heterocycles. The second-order valence-corrected chi connectivity index (χ2v) is 5.35. The zero-order chi connectivity index (χ0) is 17.5. The molecule has 126 valence electrons. The van der Waals surface area contributed by atoms with Gasteiger partial charge in [0.15, 0.2) is 0 Å². The number of carbonyl (C=O) groups excluding carboxylic acids is 2. The van der Waals surface area contributed by atoms with Gasteiger partial charge in [-0.05, 0) is 49.7 Å². The minimum Gasteiger partial charge on any atom is -0.494 e. The van der Waals surface area contributed by atoms with Crippen LogP contribution in [0.2, 0.25) is 0 Å². The summed E-state index contributed by atoms with van der Waals surface area (Å²) in [5.74, 6) is 0.365. The molecule has 0 bridgehead atoms. The Morgan fingerprint density at radius 2 is 1.83 bits per heavy atom. The van der Waals surface area contributed by atoms with Crippen molar-refractivity contribution in [2.24, 2.45) is 0 Å². The van der Waals surface area contributed by atoms with Gasteiger partial charge in [0.05, 0.1) is 6.61 Å². The van der Waals surface area contributed by atoms with Crippen LogP contribution in [0.15, 0.2) is 42.5 Å². The monoisotopic (exact) mass is 326 g/mol. The molecule has 5 heteroatoms. The van der Waals surface area contributed by atoms with Crippen LogP contribution in [0.3, 0.4) is 0 Å². The Bertz CT molecular complexity index is 741. The van der Waals surface area contributed by atoms with Crippen molar-refractivity contribution in [2.45, 2.75) is 27.2 Å². The summed E-state index contributed by atoms with van der Waals surface area (Å²) in [5, 5.41) is 5.67. The second-order valence-electron chi connectivity index (χ2n) is 5.35. The number of anilines is 2. The van der Waals surface area contributed by atoms with Crippen molar-refractivity contribution in [2.75, 3.05) is 17.2 Å². The van der Waals surface area contributed by atoms with E-state index < -0.39 is 0 Å². The molecule has 0 radical (unpaired) electrons. The quantitative estimate of drug-likeness (QED) is 0.843. The maximum absolute atomic E-state index is 12.4. The van der Waals surface area contributed by atoms with Crippen LogP contribution in [-0.2, 0) is 4.79 Å². The standard InChI is InChI=1S/C19H22N2O3/c1-4-18(22)21-17-12-15(10-9-13(17)3)20-19(23)14-7-6-8-16(11-14)24-5-2/h6-12H,4-5H2,1-3H3,(H,20,23)(H,21,22). The highest BCUT2D eigenvalue weighted by molar-refractivity contribution is 6.05. The largest absolute Gasteiger partial charge is 0.494 e. The predicted molar refractivity (Wildman–Crippen MR) is 95.7 cm³/mol. The lowest BCUT2D eigenvalue weighted by atomic mass is 10.1. The lowest BCUT2D eigenvalue weighted by molar-refractivity contribution is -0.115. The number of aryl methyl sites for hydroxylation is 1. The lowest BCUT2D eigenvalue weighted by Gasteiger charge is -2.11. The Labute approximate surface area is 142 Å². The van der Waals surface area contributed by atoms with Crippen molar-refractivity contribution in [3.8, 4) is 5.75 Å². The fourth-order valence-electron chi connectivity index (χ4n) is 2.17. The Hall–Kier alpha value is -2.82. The van der Waals surface area contributed by atoms with E-state index in [-0.39, 0.29) is 11.8 Å². The Balaban J connectivity index is 2.15. The minimum absolute atomic E-state index is 0.0639. The van der Waals surface area contributed by atoms with Crippen molar-refractivity contribution >= 4 is 23.2 Å². The lowest BCUT2D eigenvalue weighted by Crippen LogP contribution is -2.14. The van der Waals surface area contributed by atoms with Gasteiger partial charge in [-0.3, -0.25) is 9.59 Å². The average Bonchev–Trinajstić information content (AvgIpc) is 2.58. The number of nitrogens with one attached hydrogen (secondary N) is 2. The van der Waals surface area contributed by atoms with E-state index in [9.17, 15) is 9.59 Å². The van der Waals surface area contributed by atoms with E-state index in [4.69, 9.17) is 4.74 Å². The first-order valence-electron chi connectivity index (χ1n) is 7.98. The molecule has 0 aliphatic rings. The highest BCUT2D eigenvalue weighted by atomic mass is 16.5. The van der Waals surface area contributed by atoms with E-state index in [1.54, 1.807) is 37.3 Å². The summed E-state index contributed by atoms with van der Waals surface area (Å²) < 4.78 is 5.41. The summed E-state index contributed by atoms with van der Waals surface area (Å²) in [4.78, 5) is 24.0. The first kappa shape index (κ1) is 17.5. The van der Waals surface area contributed by atoms with E-state index in [1.807, 2.05) is 26.0 Å². The fraction of sp³-hybridized carbons (Fsp3) is 0.263.